The number of anilines is 2. The molecule has 0 unspecified atom stereocenters. The largest absolute Gasteiger partial charge is 0.508 e. The van der Waals surface area contributed by atoms with Crippen molar-refractivity contribution in [3.8, 4) is 11.5 Å². The molecule has 3 N–H and O–H groups in total. The van der Waals surface area contributed by atoms with Crippen LogP contribution in [0.4, 0.5) is 11.4 Å². The van der Waals surface area contributed by atoms with Gasteiger partial charge in [-0.15, -0.1) is 0 Å². The van der Waals surface area contributed by atoms with Gasteiger partial charge in [0, 0.05) is 12.1 Å². The van der Waals surface area contributed by atoms with Crippen LogP contribution in [0.2, 0.25) is 0 Å². The third kappa shape index (κ3) is 9.48. The Morgan fingerprint density at radius 1 is 0.806 bits per heavy atom. The summed E-state index contributed by atoms with van der Waals surface area (Å²) in [4.78, 5) is 0. The van der Waals surface area contributed by atoms with Crippen molar-refractivity contribution in [3.63, 3.8) is 0 Å². The second kappa shape index (κ2) is 11.8. The average Bonchev–Trinajstić information content (AvgIpc) is 2.66. The van der Waals surface area contributed by atoms with Crippen molar-refractivity contribution in [1.82, 2.24) is 0 Å². The summed E-state index contributed by atoms with van der Waals surface area (Å²) in [5.74, 6) is 0.903. The molecule has 0 aliphatic carbocycles. The van der Waals surface area contributed by atoms with Gasteiger partial charge in [0.25, 0.3) is 0 Å². The first-order chi connectivity index (χ1) is 14.4. The van der Waals surface area contributed by atoms with Gasteiger partial charge in [-0.2, -0.15) is 0 Å². The van der Waals surface area contributed by atoms with Gasteiger partial charge in [-0.05, 0) is 49.9 Å². The highest BCUT2D eigenvalue weighted by atomic mass is 32.2. The number of hydrogen-bond acceptors (Lipinski definition) is 6. The smallest absolute Gasteiger partial charge is 0.232 e. The van der Waals surface area contributed by atoms with Crippen LogP contribution in [-0.4, -0.2) is 40.6 Å². The van der Waals surface area contributed by atoms with E-state index in [9.17, 15) is 21.9 Å². The molecule has 0 aliphatic rings. The second-order valence-electron chi connectivity index (χ2n) is 7.02. The number of benzene rings is 2. The molecule has 2 aromatic rings. The monoisotopic (exact) mass is 472 g/mol. The third-order valence-corrected chi connectivity index (χ3v) is 7.10. The Morgan fingerprint density at radius 3 is 1.71 bits per heavy atom. The number of aryl methyl sites for hydroxylation is 2. The van der Waals surface area contributed by atoms with Crippen LogP contribution in [-0.2, 0) is 20.0 Å². The predicted octanol–water partition coefficient (Wildman–Crippen LogP) is 4.01. The molecule has 174 valence electrons. The van der Waals surface area contributed by atoms with E-state index in [0.29, 0.717) is 30.0 Å². The fourth-order valence-electron chi connectivity index (χ4n) is 2.53. The van der Waals surface area contributed by atoms with Crippen molar-refractivity contribution in [1.29, 1.82) is 0 Å². The minimum atomic E-state index is -3.29. The molecule has 2 rings (SSSR count). The third-order valence-electron chi connectivity index (χ3n) is 4.14. The fourth-order valence-corrected chi connectivity index (χ4v) is 4.92. The summed E-state index contributed by atoms with van der Waals surface area (Å²) in [5.41, 5.74) is 2.67. The summed E-state index contributed by atoms with van der Waals surface area (Å²) in [6, 6.07) is 9.90. The molecular formula is C21H32N2O6S2. The van der Waals surface area contributed by atoms with Gasteiger partial charge in [-0.3, -0.25) is 9.44 Å². The maximum Gasteiger partial charge on any atom is 0.232 e. The molecule has 0 fully saturated rings. The molecule has 0 spiro atoms. The number of rotatable bonds is 9. The number of methoxy groups -OCH3 is 1. The van der Waals surface area contributed by atoms with Gasteiger partial charge < -0.3 is 9.84 Å². The summed E-state index contributed by atoms with van der Waals surface area (Å²) in [7, 11) is -4.97. The average molecular weight is 473 g/mol. The maximum absolute atomic E-state index is 11.6. The van der Waals surface area contributed by atoms with E-state index in [-0.39, 0.29) is 17.3 Å². The lowest BCUT2D eigenvalue weighted by atomic mass is 10.2. The van der Waals surface area contributed by atoms with Gasteiger partial charge in [0.1, 0.15) is 11.5 Å². The molecule has 0 bridgehead atoms. The molecule has 0 heterocycles. The zero-order valence-corrected chi connectivity index (χ0v) is 20.2. The quantitative estimate of drug-likeness (QED) is 0.507. The first-order valence-corrected chi connectivity index (χ1v) is 13.2. The Hall–Kier alpha value is -2.46. The molecular weight excluding hydrogens is 440 g/mol. The van der Waals surface area contributed by atoms with Crippen molar-refractivity contribution < 1.29 is 26.7 Å². The van der Waals surface area contributed by atoms with Crippen LogP contribution < -0.4 is 14.2 Å². The lowest BCUT2D eigenvalue weighted by Crippen LogP contribution is -2.16. The first-order valence-electron chi connectivity index (χ1n) is 9.88. The summed E-state index contributed by atoms with van der Waals surface area (Å²) in [6.07, 6.45) is 1.16. The van der Waals surface area contributed by atoms with Crippen LogP contribution in [0.3, 0.4) is 0 Å². The van der Waals surface area contributed by atoms with Crippen LogP contribution in [0.15, 0.2) is 36.4 Å². The van der Waals surface area contributed by atoms with E-state index in [2.05, 4.69) is 9.44 Å². The highest BCUT2D eigenvalue weighted by Crippen LogP contribution is 2.23. The van der Waals surface area contributed by atoms with Crippen molar-refractivity contribution in [2.75, 3.05) is 28.1 Å². The van der Waals surface area contributed by atoms with Crippen molar-refractivity contribution >= 4 is 31.4 Å². The minimum absolute atomic E-state index is 0.0507. The van der Waals surface area contributed by atoms with Gasteiger partial charge in [0.05, 0.1) is 30.0 Å². The Balaban J connectivity index is 0.000000311. The SMILES string of the molecule is CCCS(=O)(=O)Nc1cc(O)ccc1C.CCCS(=O)(=O)Nc1cc(OC)ccc1C. The zero-order valence-electron chi connectivity index (χ0n) is 18.6. The topological polar surface area (TPSA) is 122 Å². The van der Waals surface area contributed by atoms with Crippen LogP contribution >= 0.6 is 0 Å². The molecule has 0 amide bonds. The Morgan fingerprint density at radius 2 is 1.26 bits per heavy atom. The molecule has 0 aliphatic heterocycles. The zero-order chi connectivity index (χ0) is 23.7. The van der Waals surface area contributed by atoms with E-state index < -0.39 is 20.0 Å². The van der Waals surface area contributed by atoms with E-state index in [4.69, 9.17) is 4.74 Å². The molecule has 0 radical (unpaired) electrons. The number of phenols is 1. The summed E-state index contributed by atoms with van der Waals surface area (Å²) in [5, 5.41) is 9.23. The van der Waals surface area contributed by atoms with Crippen molar-refractivity contribution in [3.05, 3.63) is 47.5 Å². The Labute approximate surface area is 185 Å². The van der Waals surface area contributed by atoms with Crippen LogP contribution in [0.25, 0.3) is 0 Å². The fraction of sp³-hybridized carbons (Fsp3) is 0.429. The number of ether oxygens (including phenoxy) is 1. The van der Waals surface area contributed by atoms with Crippen LogP contribution in [0.1, 0.15) is 37.8 Å². The summed E-state index contributed by atoms with van der Waals surface area (Å²) >= 11 is 0. The number of phenolic OH excluding ortho intramolecular Hbond substituents is 1. The minimum Gasteiger partial charge on any atom is -0.508 e. The summed E-state index contributed by atoms with van der Waals surface area (Å²) in [6.45, 7) is 7.26. The maximum atomic E-state index is 11.6. The van der Waals surface area contributed by atoms with Gasteiger partial charge in [0.15, 0.2) is 0 Å². The Bertz CT molecular complexity index is 1070. The van der Waals surface area contributed by atoms with Gasteiger partial charge >= 0.3 is 0 Å². The molecule has 0 atom stereocenters. The molecule has 10 heteroatoms. The van der Waals surface area contributed by atoms with Gasteiger partial charge in [-0.1, -0.05) is 26.0 Å². The molecule has 0 saturated heterocycles. The molecule has 2 aromatic carbocycles. The normalized spacial score (nSPS) is 11.3. The highest BCUT2D eigenvalue weighted by molar-refractivity contribution is 7.92. The molecule has 0 saturated carbocycles. The van der Waals surface area contributed by atoms with Crippen LogP contribution in [0, 0.1) is 13.8 Å². The second-order valence-corrected chi connectivity index (χ2v) is 10.7. The van der Waals surface area contributed by atoms with Crippen LogP contribution in [0.5, 0.6) is 11.5 Å². The molecule has 31 heavy (non-hydrogen) atoms. The lowest BCUT2D eigenvalue weighted by Gasteiger charge is -2.11. The van der Waals surface area contributed by atoms with E-state index in [1.807, 2.05) is 19.9 Å². The van der Waals surface area contributed by atoms with E-state index >= 15 is 0 Å². The van der Waals surface area contributed by atoms with E-state index in [1.54, 1.807) is 39.2 Å². The number of aromatic hydroxyl groups is 1. The van der Waals surface area contributed by atoms with Crippen molar-refractivity contribution in [2.24, 2.45) is 0 Å². The highest BCUT2D eigenvalue weighted by Gasteiger charge is 2.11. The summed E-state index contributed by atoms with van der Waals surface area (Å²) < 4.78 is 56.2. The first kappa shape index (κ1) is 26.6. The molecule has 8 nitrogen and oxygen atoms in total. The van der Waals surface area contributed by atoms with E-state index in [1.165, 1.54) is 12.1 Å². The standard InChI is InChI=1S/C11H17NO3S.C10H15NO3S/c1-4-7-16(13,14)12-11-8-10(15-3)6-5-9(11)2;1-3-6-15(13,14)11-10-7-9(12)5-4-8(10)2/h5-6,8,12H,4,7H2,1-3H3;4-5,7,11-12H,3,6H2,1-2H3. The van der Waals surface area contributed by atoms with E-state index in [0.717, 1.165) is 11.1 Å². The molecule has 0 aromatic heterocycles. The number of sulfonamides is 2. The number of hydrogen-bond donors (Lipinski definition) is 3. The Kier molecular flexibility index (Phi) is 10.1. The van der Waals surface area contributed by atoms with Gasteiger partial charge in [0.2, 0.25) is 20.0 Å². The van der Waals surface area contributed by atoms with Gasteiger partial charge in [-0.25, -0.2) is 16.8 Å². The number of nitrogens with one attached hydrogen (secondary N) is 2. The predicted molar refractivity (Wildman–Crippen MR) is 126 cm³/mol. The van der Waals surface area contributed by atoms with Crippen molar-refractivity contribution in [2.45, 2.75) is 40.5 Å². The lowest BCUT2D eigenvalue weighted by molar-refractivity contribution is 0.415.